The number of piperazine rings is 1. The molecule has 0 aromatic carbocycles. The van der Waals surface area contributed by atoms with Crippen LogP contribution in [0.2, 0.25) is 0 Å². The summed E-state index contributed by atoms with van der Waals surface area (Å²) in [5.74, 6) is 0.232. The van der Waals surface area contributed by atoms with E-state index in [9.17, 15) is 4.79 Å². The summed E-state index contributed by atoms with van der Waals surface area (Å²) in [7, 11) is 4.12. The van der Waals surface area contributed by atoms with Crippen LogP contribution in [0.15, 0.2) is 0 Å². The molecule has 0 aromatic heterocycles. The Morgan fingerprint density at radius 2 is 1.74 bits per heavy atom. The zero-order chi connectivity index (χ0) is 14.5. The molecule has 0 bridgehead atoms. The lowest BCUT2D eigenvalue weighted by molar-refractivity contribution is -0.135. The highest BCUT2D eigenvalue weighted by molar-refractivity contribution is 5.78. The highest BCUT2D eigenvalue weighted by Gasteiger charge is 2.31. The second-order valence-electron chi connectivity index (χ2n) is 5.68. The lowest BCUT2D eigenvalue weighted by Gasteiger charge is -2.41. The number of likely N-dealkylation sites (N-methyl/N-ethyl adjacent to an activating group) is 2. The third-order valence-corrected chi connectivity index (χ3v) is 4.73. The molecule has 0 atom stereocenters. The molecule has 1 heterocycles. The van der Waals surface area contributed by atoms with Gasteiger partial charge in [-0.3, -0.25) is 9.69 Å². The molecule has 1 aliphatic rings. The Morgan fingerprint density at radius 3 is 2.16 bits per heavy atom. The van der Waals surface area contributed by atoms with Crippen LogP contribution in [-0.2, 0) is 4.79 Å². The van der Waals surface area contributed by atoms with Gasteiger partial charge in [-0.1, -0.05) is 13.8 Å². The summed E-state index contributed by atoms with van der Waals surface area (Å²) in [6.07, 6.45) is 1.96. The van der Waals surface area contributed by atoms with Gasteiger partial charge in [0.15, 0.2) is 0 Å². The third-order valence-electron chi connectivity index (χ3n) is 4.73. The molecule has 5 heteroatoms. The number of rotatable bonds is 6. The molecule has 1 saturated heterocycles. The zero-order valence-electron chi connectivity index (χ0n) is 13.0. The SMILES string of the molecule is CCC(CC)(CN)N(C)CC(=O)N1CCN(C)CC1. The normalized spacial score (nSPS) is 18.1. The molecule has 0 saturated carbocycles. The largest absolute Gasteiger partial charge is 0.339 e. The van der Waals surface area contributed by atoms with Crippen LogP contribution in [0.3, 0.4) is 0 Å². The van der Waals surface area contributed by atoms with Crippen LogP contribution >= 0.6 is 0 Å². The quantitative estimate of drug-likeness (QED) is 0.750. The van der Waals surface area contributed by atoms with E-state index in [0.717, 1.165) is 39.0 Å². The van der Waals surface area contributed by atoms with E-state index >= 15 is 0 Å². The molecule has 0 radical (unpaired) electrons. The number of carbonyl (C=O) groups excluding carboxylic acids is 1. The van der Waals surface area contributed by atoms with Crippen molar-refractivity contribution in [3.05, 3.63) is 0 Å². The van der Waals surface area contributed by atoms with Gasteiger partial charge >= 0.3 is 0 Å². The minimum absolute atomic E-state index is 0.0394. The Morgan fingerprint density at radius 1 is 1.21 bits per heavy atom. The Bertz CT molecular complexity index is 275. The molecule has 5 nitrogen and oxygen atoms in total. The monoisotopic (exact) mass is 270 g/mol. The first-order valence-corrected chi connectivity index (χ1v) is 7.36. The minimum atomic E-state index is -0.0394. The number of amides is 1. The Kier molecular flexibility index (Phi) is 6.23. The van der Waals surface area contributed by atoms with Crippen LogP contribution in [0.25, 0.3) is 0 Å². The van der Waals surface area contributed by atoms with E-state index in [4.69, 9.17) is 5.73 Å². The van der Waals surface area contributed by atoms with Crippen molar-refractivity contribution in [1.82, 2.24) is 14.7 Å². The molecule has 0 aromatic rings. The highest BCUT2D eigenvalue weighted by Crippen LogP contribution is 2.21. The van der Waals surface area contributed by atoms with Gasteiger partial charge in [0.1, 0.15) is 0 Å². The van der Waals surface area contributed by atoms with Gasteiger partial charge in [-0.05, 0) is 26.9 Å². The maximum Gasteiger partial charge on any atom is 0.236 e. The molecule has 1 fully saturated rings. The van der Waals surface area contributed by atoms with Gasteiger partial charge in [0.05, 0.1) is 6.54 Å². The highest BCUT2D eigenvalue weighted by atomic mass is 16.2. The van der Waals surface area contributed by atoms with E-state index in [-0.39, 0.29) is 11.4 Å². The Hall–Kier alpha value is -0.650. The van der Waals surface area contributed by atoms with Crippen LogP contribution in [0.4, 0.5) is 0 Å². The number of nitrogens with zero attached hydrogens (tertiary/aromatic N) is 3. The van der Waals surface area contributed by atoms with Gasteiger partial charge in [-0.2, -0.15) is 0 Å². The van der Waals surface area contributed by atoms with E-state index < -0.39 is 0 Å². The number of carbonyl (C=O) groups is 1. The van der Waals surface area contributed by atoms with Crippen molar-refractivity contribution in [3.8, 4) is 0 Å². The lowest BCUT2D eigenvalue weighted by Crippen LogP contribution is -2.56. The predicted octanol–water partition coefficient (Wildman–Crippen LogP) is 0.210. The maximum absolute atomic E-state index is 12.3. The van der Waals surface area contributed by atoms with Crippen molar-refractivity contribution in [2.24, 2.45) is 5.73 Å². The van der Waals surface area contributed by atoms with Gasteiger partial charge in [0.25, 0.3) is 0 Å². The smallest absolute Gasteiger partial charge is 0.236 e. The van der Waals surface area contributed by atoms with Gasteiger partial charge in [-0.25, -0.2) is 0 Å². The van der Waals surface area contributed by atoms with E-state index in [0.29, 0.717) is 13.1 Å². The van der Waals surface area contributed by atoms with E-state index in [1.54, 1.807) is 0 Å². The molecule has 0 aliphatic carbocycles. The predicted molar refractivity (Wildman–Crippen MR) is 79.1 cm³/mol. The summed E-state index contributed by atoms with van der Waals surface area (Å²) in [5.41, 5.74) is 5.89. The number of nitrogens with two attached hydrogens (primary N) is 1. The summed E-state index contributed by atoms with van der Waals surface area (Å²) in [4.78, 5) is 18.7. The molecule has 2 N–H and O–H groups in total. The fraction of sp³-hybridized carbons (Fsp3) is 0.929. The number of hydrogen-bond donors (Lipinski definition) is 1. The Balaban J connectivity index is 2.55. The Labute approximate surface area is 117 Å². The fourth-order valence-corrected chi connectivity index (χ4v) is 2.76. The molecule has 1 rings (SSSR count). The third kappa shape index (κ3) is 3.91. The first-order chi connectivity index (χ1) is 8.99. The second kappa shape index (κ2) is 7.22. The van der Waals surface area contributed by atoms with Crippen LogP contribution in [0.1, 0.15) is 26.7 Å². The van der Waals surface area contributed by atoms with Crippen molar-refractivity contribution in [1.29, 1.82) is 0 Å². The van der Waals surface area contributed by atoms with Gasteiger partial charge in [0, 0.05) is 38.3 Å². The van der Waals surface area contributed by atoms with Gasteiger partial charge in [0.2, 0.25) is 5.91 Å². The average Bonchev–Trinajstić information content (AvgIpc) is 2.42. The van der Waals surface area contributed by atoms with Crippen LogP contribution in [0.5, 0.6) is 0 Å². The van der Waals surface area contributed by atoms with E-state index in [1.807, 2.05) is 11.9 Å². The topological polar surface area (TPSA) is 52.8 Å². The summed E-state index contributed by atoms with van der Waals surface area (Å²) < 4.78 is 0. The summed E-state index contributed by atoms with van der Waals surface area (Å²) in [6.45, 7) is 9.00. The summed E-state index contributed by atoms with van der Waals surface area (Å²) in [6, 6.07) is 0. The molecule has 112 valence electrons. The second-order valence-corrected chi connectivity index (χ2v) is 5.68. The van der Waals surface area contributed by atoms with Crippen molar-refractivity contribution < 1.29 is 4.79 Å². The first-order valence-electron chi connectivity index (χ1n) is 7.36. The average molecular weight is 270 g/mol. The summed E-state index contributed by atoms with van der Waals surface area (Å²) in [5, 5.41) is 0. The molecular weight excluding hydrogens is 240 g/mol. The minimum Gasteiger partial charge on any atom is -0.339 e. The maximum atomic E-state index is 12.3. The molecule has 1 amide bonds. The molecule has 1 aliphatic heterocycles. The lowest BCUT2D eigenvalue weighted by atomic mass is 9.91. The molecule has 19 heavy (non-hydrogen) atoms. The van der Waals surface area contributed by atoms with Crippen molar-refractivity contribution >= 4 is 5.91 Å². The number of hydrogen-bond acceptors (Lipinski definition) is 4. The fourth-order valence-electron chi connectivity index (χ4n) is 2.76. The first kappa shape index (κ1) is 16.4. The molecule has 0 spiro atoms. The zero-order valence-corrected chi connectivity index (χ0v) is 13.0. The van der Waals surface area contributed by atoms with Crippen LogP contribution in [0, 0.1) is 0 Å². The molecule has 0 unspecified atom stereocenters. The van der Waals surface area contributed by atoms with E-state index in [2.05, 4.69) is 30.7 Å². The van der Waals surface area contributed by atoms with Crippen LogP contribution < -0.4 is 5.73 Å². The van der Waals surface area contributed by atoms with Crippen molar-refractivity contribution in [2.45, 2.75) is 32.2 Å². The van der Waals surface area contributed by atoms with Crippen molar-refractivity contribution in [3.63, 3.8) is 0 Å². The van der Waals surface area contributed by atoms with Gasteiger partial charge < -0.3 is 15.5 Å². The summed E-state index contributed by atoms with van der Waals surface area (Å²) >= 11 is 0. The van der Waals surface area contributed by atoms with Crippen molar-refractivity contribution in [2.75, 3.05) is 53.4 Å². The standard InChI is InChI=1S/C14H30N4O/c1-5-14(6-2,12-15)17(4)11-13(19)18-9-7-16(3)8-10-18/h5-12,15H2,1-4H3. The van der Waals surface area contributed by atoms with Gasteiger partial charge in [-0.15, -0.1) is 0 Å². The molecular formula is C14H30N4O. The van der Waals surface area contributed by atoms with Crippen LogP contribution in [-0.4, -0.2) is 79.5 Å². The van der Waals surface area contributed by atoms with E-state index in [1.165, 1.54) is 0 Å².